The zero-order valence-electron chi connectivity index (χ0n) is 13.3. The van der Waals surface area contributed by atoms with Crippen LogP contribution in [0.5, 0.6) is 0 Å². The van der Waals surface area contributed by atoms with Crippen molar-refractivity contribution in [3.8, 4) is 0 Å². The molecule has 0 unspecified atom stereocenters. The van der Waals surface area contributed by atoms with Gasteiger partial charge in [0.15, 0.2) is 0 Å². The van der Waals surface area contributed by atoms with Gasteiger partial charge in [-0.3, -0.25) is 4.79 Å². The van der Waals surface area contributed by atoms with E-state index in [1.54, 1.807) is 7.11 Å². The Bertz CT molecular complexity index is 623. The molecule has 0 aliphatic rings. The predicted molar refractivity (Wildman–Crippen MR) is 98.1 cm³/mol. The largest absolute Gasteiger partial charge is 0.383 e. The van der Waals surface area contributed by atoms with Gasteiger partial charge in [-0.25, -0.2) is 4.98 Å². The number of carbonyl (C=O) groups is 1. The topological polar surface area (TPSA) is 63.2 Å². The molecule has 0 saturated carbocycles. The monoisotopic (exact) mass is 359 g/mol. The van der Waals surface area contributed by atoms with Crippen molar-refractivity contribution in [2.24, 2.45) is 0 Å². The van der Waals surface area contributed by atoms with Crippen LogP contribution < -0.4 is 10.6 Å². The number of benzene rings is 1. The molecule has 0 radical (unpaired) electrons. The molecule has 1 aromatic carbocycles. The van der Waals surface area contributed by atoms with Crippen molar-refractivity contribution in [2.45, 2.75) is 6.92 Å². The number of fused-ring (bicyclic) bond motifs is 1. The Morgan fingerprint density at radius 2 is 1.91 bits per heavy atom. The lowest BCUT2D eigenvalue weighted by molar-refractivity contribution is 0.0949. The van der Waals surface area contributed by atoms with Gasteiger partial charge in [-0.2, -0.15) is 0 Å². The molecule has 0 fully saturated rings. The summed E-state index contributed by atoms with van der Waals surface area (Å²) in [6.45, 7) is 4.71. The Labute approximate surface area is 149 Å². The van der Waals surface area contributed by atoms with Crippen molar-refractivity contribution in [1.29, 1.82) is 0 Å². The normalized spacial score (nSPS) is 9.83. The lowest BCUT2D eigenvalue weighted by Gasteiger charge is -2.08. The zero-order valence-corrected chi connectivity index (χ0v) is 14.9. The van der Waals surface area contributed by atoms with Crippen molar-refractivity contribution in [3.05, 3.63) is 41.6 Å². The van der Waals surface area contributed by atoms with Gasteiger partial charge in [-0.15, -0.1) is 24.8 Å². The van der Waals surface area contributed by atoms with Crippen LogP contribution in [0.2, 0.25) is 0 Å². The number of aromatic nitrogens is 1. The third-order valence-electron chi connectivity index (χ3n) is 3.23. The highest BCUT2D eigenvalue weighted by Crippen LogP contribution is 2.17. The fraction of sp³-hybridized carbons (Fsp3) is 0.375. The minimum atomic E-state index is -0.141. The molecule has 23 heavy (non-hydrogen) atoms. The summed E-state index contributed by atoms with van der Waals surface area (Å²) in [6.07, 6.45) is 0. The van der Waals surface area contributed by atoms with Gasteiger partial charge in [0.25, 0.3) is 5.91 Å². The van der Waals surface area contributed by atoms with Gasteiger partial charge in [0.05, 0.1) is 12.1 Å². The van der Waals surface area contributed by atoms with E-state index in [4.69, 9.17) is 4.74 Å². The molecule has 0 aliphatic heterocycles. The molecule has 2 aromatic rings. The van der Waals surface area contributed by atoms with Gasteiger partial charge >= 0.3 is 0 Å². The first-order valence-corrected chi connectivity index (χ1v) is 7.06. The fourth-order valence-electron chi connectivity index (χ4n) is 2.12. The van der Waals surface area contributed by atoms with E-state index in [0.717, 1.165) is 23.0 Å². The Hall–Kier alpha value is -1.40. The molecule has 1 aromatic heterocycles. The fourth-order valence-corrected chi connectivity index (χ4v) is 2.12. The number of ether oxygens (including phenoxy) is 1. The number of amides is 1. The number of aryl methyl sites for hydroxylation is 1. The first-order chi connectivity index (χ1) is 10.2. The first-order valence-electron chi connectivity index (χ1n) is 7.06. The van der Waals surface area contributed by atoms with Gasteiger partial charge in [0.2, 0.25) is 0 Å². The minimum Gasteiger partial charge on any atom is -0.383 e. The summed E-state index contributed by atoms with van der Waals surface area (Å²) < 4.78 is 4.93. The number of halogens is 2. The van der Waals surface area contributed by atoms with E-state index in [-0.39, 0.29) is 30.7 Å². The molecular formula is C16H23Cl2N3O2. The van der Waals surface area contributed by atoms with Gasteiger partial charge in [0, 0.05) is 32.1 Å². The van der Waals surface area contributed by atoms with Crippen molar-refractivity contribution in [2.75, 3.05) is 33.4 Å². The van der Waals surface area contributed by atoms with Crippen LogP contribution in [0, 0.1) is 6.92 Å². The minimum absolute atomic E-state index is 0. The number of hydrogen-bond donors (Lipinski definition) is 2. The summed E-state index contributed by atoms with van der Waals surface area (Å²) in [4.78, 5) is 16.5. The molecular weight excluding hydrogens is 337 g/mol. The highest BCUT2D eigenvalue weighted by atomic mass is 35.5. The third kappa shape index (κ3) is 6.31. The molecule has 1 amide bonds. The maximum absolute atomic E-state index is 12.1. The van der Waals surface area contributed by atoms with Crippen LogP contribution in [-0.4, -0.2) is 44.2 Å². The van der Waals surface area contributed by atoms with E-state index in [1.807, 2.05) is 37.3 Å². The molecule has 0 spiro atoms. The standard InChI is InChI=1S/C16H21N3O2.2ClH/c1-12-11-15(19-14-6-4-3-5-13(12)14)16(20)18-8-7-17-9-10-21-2;;/h3-6,11,17H,7-10H2,1-2H3,(H,18,20);2*1H. The molecule has 2 N–H and O–H groups in total. The van der Waals surface area contributed by atoms with Crippen LogP contribution in [0.3, 0.4) is 0 Å². The van der Waals surface area contributed by atoms with Crippen molar-refractivity contribution >= 4 is 41.6 Å². The molecule has 0 aliphatic carbocycles. The second-order valence-corrected chi connectivity index (χ2v) is 4.84. The lowest BCUT2D eigenvalue weighted by atomic mass is 10.1. The summed E-state index contributed by atoms with van der Waals surface area (Å²) in [5.41, 5.74) is 2.37. The maximum atomic E-state index is 12.1. The lowest BCUT2D eigenvalue weighted by Crippen LogP contribution is -2.33. The SMILES string of the molecule is COCCNCCNC(=O)c1cc(C)c2ccccc2n1.Cl.Cl. The predicted octanol–water partition coefficient (Wildman–Crippen LogP) is 2.35. The zero-order chi connectivity index (χ0) is 15.1. The summed E-state index contributed by atoms with van der Waals surface area (Å²) >= 11 is 0. The first kappa shape index (κ1) is 21.6. The van der Waals surface area contributed by atoms with Crippen LogP contribution >= 0.6 is 24.8 Å². The maximum Gasteiger partial charge on any atom is 0.269 e. The van der Waals surface area contributed by atoms with E-state index in [1.165, 1.54) is 0 Å². The van der Waals surface area contributed by atoms with Crippen molar-refractivity contribution < 1.29 is 9.53 Å². The molecule has 0 atom stereocenters. The molecule has 0 saturated heterocycles. The number of hydrogen-bond acceptors (Lipinski definition) is 4. The Kier molecular flexibility index (Phi) is 10.5. The van der Waals surface area contributed by atoms with E-state index >= 15 is 0 Å². The highest BCUT2D eigenvalue weighted by molar-refractivity contribution is 5.95. The molecule has 7 heteroatoms. The van der Waals surface area contributed by atoms with E-state index in [9.17, 15) is 4.79 Å². The smallest absolute Gasteiger partial charge is 0.269 e. The van der Waals surface area contributed by atoms with Crippen LogP contribution in [0.25, 0.3) is 10.9 Å². The van der Waals surface area contributed by atoms with E-state index < -0.39 is 0 Å². The molecule has 1 heterocycles. The van der Waals surface area contributed by atoms with Gasteiger partial charge in [0.1, 0.15) is 5.69 Å². The number of pyridine rings is 1. The van der Waals surface area contributed by atoms with Crippen LogP contribution in [0.15, 0.2) is 30.3 Å². The average molecular weight is 360 g/mol. The molecule has 5 nitrogen and oxygen atoms in total. The molecule has 128 valence electrons. The van der Waals surface area contributed by atoms with Crippen molar-refractivity contribution in [1.82, 2.24) is 15.6 Å². The number of carbonyl (C=O) groups excluding carboxylic acids is 1. The summed E-state index contributed by atoms with van der Waals surface area (Å²) in [5.74, 6) is -0.141. The van der Waals surface area contributed by atoms with Gasteiger partial charge < -0.3 is 15.4 Å². The summed E-state index contributed by atoms with van der Waals surface area (Å²) in [6, 6.07) is 9.67. The van der Waals surface area contributed by atoms with Crippen molar-refractivity contribution in [3.63, 3.8) is 0 Å². The quantitative estimate of drug-likeness (QED) is 0.744. The Balaban J connectivity index is 0.00000242. The van der Waals surface area contributed by atoms with Gasteiger partial charge in [-0.05, 0) is 24.6 Å². The molecule has 2 rings (SSSR count). The second-order valence-electron chi connectivity index (χ2n) is 4.84. The number of methoxy groups -OCH3 is 1. The number of para-hydroxylation sites is 1. The average Bonchev–Trinajstić information content (AvgIpc) is 2.50. The van der Waals surface area contributed by atoms with Crippen LogP contribution in [-0.2, 0) is 4.74 Å². The van der Waals surface area contributed by atoms with E-state index in [0.29, 0.717) is 25.4 Å². The third-order valence-corrected chi connectivity index (χ3v) is 3.23. The Morgan fingerprint density at radius 3 is 2.65 bits per heavy atom. The van der Waals surface area contributed by atoms with Gasteiger partial charge in [-0.1, -0.05) is 18.2 Å². The number of nitrogens with zero attached hydrogens (tertiary/aromatic N) is 1. The summed E-state index contributed by atoms with van der Waals surface area (Å²) in [5, 5.41) is 7.12. The highest BCUT2D eigenvalue weighted by Gasteiger charge is 2.09. The number of rotatable bonds is 7. The second kappa shape index (κ2) is 11.2. The molecule has 0 bridgehead atoms. The van der Waals surface area contributed by atoms with Crippen LogP contribution in [0.1, 0.15) is 16.1 Å². The van der Waals surface area contributed by atoms with Crippen LogP contribution in [0.4, 0.5) is 0 Å². The van der Waals surface area contributed by atoms with E-state index in [2.05, 4.69) is 15.6 Å². The summed E-state index contributed by atoms with van der Waals surface area (Å²) in [7, 11) is 1.66. The number of nitrogens with one attached hydrogen (secondary N) is 2. The Morgan fingerprint density at radius 1 is 1.17 bits per heavy atom.